The first-order chi connectivity index (χ1) is 2.41. The Morgan fingerprint density at radius 2 is 1.57 bits per heavy atom. The Hall–Kier alpha value is -0.0305. The summed E-state index contributed by atoms with van der Waals surface area (Å²) >= 11 is 3.70. The minimum atomic E-state index is 0. The van der Waals surface area contributed by atoms with Crippen LogP contribution in [0.4, 0.5) is 0 Å². The summed E-state index contributed by atoms with van der Waals surface area (Å²) in [6.45, 7) is 7.00. The topological polar surface area (TPSA) is 23.8 Å². The van der Waals surface area contributed by atoms with Crippen LogP contribution in [0, 0.1) is 24.7 Å². The second-order valence-electron chi connectivity index (χ2n) is 0.0913. The van der Waals surface area contributed by atoms with E-state index in [1.807, 2.05) is 0 Å². The Kier molecular flexibility index (Phi) is 631. The van der Waals surface area contributed by atoms with Crippen LogP contribution in [0.25, 0.3) is 0 Å². The van der Waals surface area contributed by atoms with E-state index in [-0.39, 0.29) is 24.5 Å². The fraction of sp³-hybridized carbons (Fsp3) is 0. The molecule has 0 spiro atoms. The maximum Gasteiger partial charge on any atom is 0 e. The van der Waals surface area contributed by atoms with Crippen LogP contribution in [0.15, 0.2) is 6.58 Å². The molecular formula is C4H6CuNS-3. The second kappa shape index (κ2) is 157. The molecule has 0 aliphatic heterocycles. The van der Waals surface area contributed by atoms with E-state index in [4.69, 9.17) is 5.26 Å². The molecule has 0 fully saturated rings. The maximum atomic E-state index is 7.13. The molecule has 0 amide bonds. The van der Waals surface area contributed by atoms with Crippen molar-refractivity contribution >= 4 is 12.6 Å². The Bertz CT molecular complexity index is 41.4. The average molecular weight is 164 g/mol. The van der Waals surface area contributed by atoms with E-state index in [0.717, 1.165) is 0 Å². The van der Waals surface area contributed by atoms with E-state index < -0.39 is 0 Å². The zero-order valence-corrected chi connectivity index (χ0v) is 5.70. The quantitative estimate of drug-likeness (QED) is 0.231. The van der Waals surface area contributed by atoms with Gasteiger partial charge in [0.25, 0.3) is 0 Å². The van der Waals surface area contributed by atoms with Gasteiger partial charge in [-0.05, 0) is 0 Å². The van der Waals surface area contributed by atoms with Crippen molar-refractivity contribution in [3.8, 4) is 5.40 Å². The Morgan fingerprint density at radius 3 is 1.57 bits per heavy atom. The van der Waals surface area contributed by atoms with Crippen molar-refractivity contribution in [1.82, 2.24) is 0 Å². The summed E-state index contributed by atoms with van der Waals surface area (Å²) in [6.07, 6.45) is 0. The zero-order chi connectivity index (χ0) is 4.71. The van der Waals surface area contributed by atoms with E-state index in [1.54, 1.807) is 0 Å². The van der Waals surface area contributed by atoms with Gasteiger partial charge < -0.3 is 26.6 Å². The molecule has 0 aromatic carbocycles. The van der Waals surface area contributed by atoms with Crippen molar-refractivity contribution < 1.29 is 17.1 Å². The largest absolute Gasteiger partial charge is 0.696 e. The molecular weight excluding hydrogens is 158 g/mol. The molecule has 47 valence electrons. The molecule has 7 heavy (non-hydrogen) atoms. The molecule has 0 heterocycles. The van der Waals surface area contributed by atoms with Crippen molar-refractivity contribution in [1.29, 1.82) is 5.26 Å². The van der Waals surface area contributed by atoms with Crippen LogP contribution < -0.4 is 0 Å². The molecule has 0 rings (SSSR count). The number of hydrogen-bond acceptors (Lipinski definition) is 2. The monoisotopic (exact) mass is 163 g/mol. The Balaban J connectivity index is -0.0000000105. The molecule has 0 atom stereocenters. The van der Waals surface area contributed by atoms with Crippen molar-refractivity contribution in [3.05, 3.63) is 20.6 Å². The summed E-state index contributed by atoms with van der Waals surface area (Å²) in [4.78, 5) is 0. The molecule has 0 aromatic heterocycles. The van der Waals surface area contributed by atoms with Crippen molar-refractivity contribution in [2.75, 3.05) is 0 Å². The van der Waals surface area contributed by atoms with Crippen molar-refractivity contribution in [3.63, 3.8) is 0 Å². The van der Waals surface area contributed by atoms with Crippen molar-refractivity contribution in [2.45, 2.75) is 0 Å². The number of thiocyanates is 1. The van der Waals surface area contributed by atoms with Crippen LogP contribution in [0.1, 0.15) is 0 Å². The van der Waals surface area contributed by atoms with Crippen LogP contribution >= 0.6 is 0 Å². The van der Waals surface area contributed by atoms with Crippen LogP contribution in [0.2, 0.25) is 0 Å². The zero-order valence-electron chi connectivity index (χ0n) is 3.94. The summed E-state index contributed by atoms with van der Waals surface area (Å²) in [5, 5.41) is 8.47. The molecule has 0 unspecified atom stereocenters. The smallest absolute Gasteiger partial charge is 0 e. The third-order valence-corrected chi connectivity index (χ3v) is 0. The number of nitrogens with zero attached hydrogens (tertiary/aromatic N) is 1. The van der Waals surface area contributed by atoms with Gasteiger partial charge in [0.05, 0.1) is 0 Å². The second-order valence-corrected chi connectivity index (χ2v) is 0.274. The standard InChI is InChI=1S/C2H3.CHNS.CH3.Cu/c1-2;2-1-3;;/h1H,2H2;3H;1H3;/q-1;;-1;/p-1. The number of nitriles is 1. The first kappa shape index (κ1) is 28.2. The number of hydrogen-bond donors (Lipinski definition) is 0. The Labute approximate surface area is 61.3 Å². The van der Waals surface area contributed by atoms with E-state index in [2.05, 4.69) is 25.8 Å². The van der Waals surface area contributed by atoms with Gasteiger partial charge in [-0.2, -0.15) is 0 Å². The minimum Gasteiger partial charge on any atom is -0.696 e. The third-order valence-electron chi connectivity index (χ3n) is 0. The van der Waals surface area contributed by atoms with Gasteiger partial charge in [0.2, 0.25) is 0 Å². The summed E-state index contributed by atoms with van der Waals surface area (Å²) in [5.41, 5.74) is 0. The van der Waals surface area contributed by atoms with Gasteiger partial charge in [0, 0.05) is 17.1 Å². The van der Waals surface area contributed by atoms with Gasteiger partial charge in [-0.3, -0.25) is 6.58 Å². The van der Waals surface area contributed by atoms with Gasteiger partial charge in [-0.25, -0.2) is 5.26 Å². The molecule has 0 saturated carbocycles. The van der Waals surface area contributed by atoms with E-state index in [9.17, 15) is 0 Å². The molecule has 0 aromatic rings. The van der Waals surface area contributed by atoms with Gasteiger partial charge in [0.15, 0.2) is 0 Å². The van der Waals surface area contributed by atoms with Crippen LogP contribution in [-0.4, -0.2) is 0 Å². The summed E-state index contributed by atoms with van der Waals surface area (Å²) in [5.74, 6) is 0. The predicted molar refractivity (Wildman–Crippen MR) is 29.3 cm³/mol. The normalized spacial score (nSPS) is 1.57. The molecule has 0 saturated heterocycles. The summed E-state index contributed by atoms with van der Waals surface area (Å²) in [6, 6.07) is 0. The van der Waals surface area contributed by atoms with Crippen LogP contribution in [0.3, 0.4) is 0 Å². The fourth-order valence-corrected chi connectivity index (χ4v) is 0. The minimum absolute atomic E-state index is 0. The molecule has 0 aliphatic carbocycles. The maximum absolute atomic E-state index is 7.13. The van der Waals surface area contributed by atoms with E-state index >= 15 is 0 Å². The van der Waals surface area contributed by atoms with Gasteiger partial charge in [-0.15, -0.1) is 0 Å². The first-order valence-electron chi connectivity index (χ1n) is 0.836. The predicted octanol–water partition coefficient (Wildman–Crippen LogP) is 1.07. The van der Waals surface area contributed by atoms with Gasteiger partial charge in [-0.1, -0.05) is 5.40 Å². The van der Waals surface area contributed by atoms with E-state index in [0.29, 0.717) is 0 Å². The SMILES string of the molecule is N#C[S-].[CH-]=C.[CH3-].[Cu]. The van der Waals surface area contributed by atoms with Crippen LogP contribution in [-0.2, 0) is 29.7 Å². The van der Waals surface area contributed by atoms with Gasteiger partial charge in [0.1, 0.15) is 0 Å². The summed E-state index contributed by atoms with van der Waals surface area (Å²) in [7, 11) is 0. The summed E-state index contributed by atoms with van der Waals surface area (Å²) < 4.78 is 0. The third kappa shape index (κ3) is 101000. The average Bonchev–Trinajstić information content (AvgIpc) is 1.46. The van der Waals surface area contributed by atoms with Crippen LogP contribution in [0.5, 0.6) is 0 Å². The first-order valence-corrected chi connectivity index (χ1v) is 1.24. The molecule has 3 heteroatoms. The Morgan fingerprint density at radius 1 is 1.57 bits per heavy atom. The van der Waals surface area contributed by atoms with Crippen molar-refractivity contribution in [2.24, 2.45) is 0 Å². The molecule has 0 N–H and O–H groups in total. The molecule has 0 bridgehead atoms. The van der Waals surface area contributed by atoms with E-state index in [1.165, 1.54) is 5.40 Å². The molecule has 0 aliphatic rings. The molecule has 1 nitrogen and oxygen atoms in total. The molecule has 1 radical (unpaired) electrons. The number of rotatable bonds is 0. The van der Waals surface area contributed by atoms with Gasteiger partial charge >= 0.3 is 0 Å². The fourth-order valence-electron chi connectivity index (χ4n) is 0.